The lowest BCUT2D eigenvalue weighted by atomic mass is 10.4. The maximum Gasteiger partial charge on any atom is 0.205 e. The molecule has 3 rings (SSSR count). The van der Waals surface area contributed by atoms with E-state index in [-0.39, 0.29) is 0 Å². The lowest BCUT2D eigenvalue weighted by Gasteiger charge is -2.25. The first kappa shape index (κ1) is 8.67. The Hall–Kier alpha value is -1.62. The largest absolute Gasteiger partial charge is 0.378 e. The highest BCUT2D eigenvalue weighted by Gasteiger charge is 2.14. The molecular formula is C10H12N4O. The molecule has 3 heterocycles. The molecule has 2 aromatic rings. The minimum atomic E-state index is 0.768. The number of pyridine rings is 1. The van der Waals surface area contributed by atoms with E-state index in [0.717, 1.165) is 43.4 Å². The van der Waals surface area contributed by atoms with Crippen LogP contribution >= 0.6 is 0 Å². The first-order chi connectivity index (χ1) is 7.43. The highest BCUT2D eigenvalue weighted by molar-refractivity contribution is 5.73. The molecule has 0 saturated carbocycles. The van der Waals surface area contributed by atoms with Gasteiger partial charge in [-0.15, -0.1) is 0 Å². The SMILES string of the molecule is c1cnc2nc(N3CCOCC3)[nH]c2c1. The second kappa shape index (κ2) is 3.51. The summed E-state index contributed by atoms with van der Waals surface area (Å²) in [6.07, 6.45) is 1.76. The van der Waals surface area contributed by atoms with E-state index in [1.807, 2.05) is 12.1 Å². The van der Waals surface area contributed by atoms with Gasteiger partial charge in [0.1, 0.15) is 0 Å². The van der Waals surface area contributed by atoms with Gasteiger partial charge in [-0.3, -0.25) is 0 Å². The van der Waals surface area contributed by atoms with Crippen molar-refractivity contribution >= 4 is 17.1 Å². The Kier molecular flexibility index (Phi) is 2.03. The fourth-order valence-corrected chi connectivity index (χ4v) is 1.76. The smallest absolute Gasteiger partial charge is 0.205 e. The maximum atomic E-state index is 5.30. The molecule has 0 amide bonds. The molecule has 0 unspecified atom stereocenters. The van der Waals surface area contributed by atoms with Crippen LogP contribution in [0.1, 0.15) is 0 Å². The van der Waals surface area contributed by atoms with Crippen molar-refractivity contribution in [1.82, 2.24) is 15.0 Å². The Bertz CT molecular complexity index is 428. The number of H-pyrrole nitrogens is 1. The van der Waals surface area contributed by atoms with Crippen molar-refractivity contribution in [1.29, 1.82) is 0 Å². The van der Waals surface area contributed by atoms with Crippen LogP contribution in [-0.2, 0) is 4.74 Å². The summed E-state index contributed by atoms with van der Waals surface area (Å²) in [5.74, 6) is 0.895. The van der Waals surface area contributed by atoms with Gasteiger partial charge in [0.15, 0.2) is 5.65 Å². The van der Waals surface area contributed by atoms with Crippen LogP contribution < -0.4 is 4.90 Å². The summed E-state index contributed by atoms with van der Waals surface area (Å²) in [5, 5.41) is 0. The second-order valence-corrected chi connectivity index (χ2v) is 3.53. The first-order valence-corrected chi connectivity index (χ1v) is 5.07. The number of imidazole rings is 1. The Labute approximate surface area is 87.1 Å². The van der Waals surface area contributed by atoms with Crippen LogP contribution in [0.15, 0.2) is 18.3 Å². The molecule has 0 radical (unpaired) electrons. The van der Waals surface area contributed by atoms with Crippen LogP contribution in [0.25, 0.3) is 11.2 Å². The van der Waals surface area contributed by atoms with Crippen LogP contribution in [-0.4, -0.2) is 41.3 Å². The average Bonchev–Trinajstić information content (AvgIpc) is 2.74. The number of nitrogens with one attached hydrogen (secondary N) is 1. The molecule has 2 aromatic heterocycles. The van der Waals surface area contributed by atoms with Gasteiger partial charge in [0, 0.05) is 19.3 Å². The van der Waals surface area contributed by atoms with Gasteiger partial charge in [-0.2, -0.15) is 4.98 Å². The second-order valence-electron chi connectivity index (χ2n) is 3.53. The number of rotatable bonds is 1. The third kappa shape index (κ3) is 1.55. The van der Waals surface area contributed by atoms with Crippen molar-refractivity contribution < 1.29 is 4.74 Å². The summed E-state index contributed by atoms with van der Waals surface area (Å²) in [6.45, 7) is 3.31. The standard InChI is InChI=1S/C10H12N4O/c1-2-8-9(11-3-1)13-10(12-8)14-4-6-15-7-5-14/h1-3H,4-7H2,(H,11,12,13). The van der Waals surface area contributed by atoms with E-state index in [1.54, 1.807) is 6.20 Å². The van der Waals surface area contributed by atoms with Crippen LogP contribution in [0.2, 0.25) is 0 Å². The molecule has 78 valence electrons. The highest BCUT2D eigenvalue weighted by atomic mass is 16.5. The third-order valence-electron chi connectivity index (χ3n) is 2.56. The molecule has 5 nitrogen and oxygen atoms in total. The van der Waals surface area contributed by atoms with E-state index in [9.17, 15) is 0 Å². The minimum absolute atomic E-state index is 0.768. The quantitative estimate of drug-likeness (QED) is 0.746. The third-order valence-corrected chi connectivity index (χ3v) is 2.56. The van der Waals surface area contributed by atoms with Crippen LogP contribution in [0.3, 0.4) is 0 Å². The molecule has 1 saturated heterocycles. The summed E-state index contributed by atoms with van der Waals surface area (Å²) in [7, 11) is 0. The van der Waals surface area contributed by atoms with Gasteiger partial charge in [-0.25, -0.2) is 4.98 Å². The topological polar surface area (TPSA) is 54.0 Å². The molecule has 0 atom stereocenters. The number of hydrogen-bond donors (Lipinski definition) is 1. The van der Waals surface area contributed by atoms with Gasteiger partial charge in [0.25, 0.3) is 0 Å². The number of aromatic nitrogens is 3. The molecule has 15 heavy (non-hydrogen) atoms. The van der Waals surface area contributed by atoms with Crippen LogP contribution in [0.4, 0.5) is 5.95 Å². The fraction of sp³-hybridized carbons (Fsp3) is 0.400. The van der Waals surface area contributed by atoms with Crippen molar-refractivity contribution in [3.63, 3.8) is 0 Å². The number of ether oxygens (including phenoxy) is 1. The van der Waals surface area contributed by atoms with Gasteiger partial charge in [-0.1, -0.05) is 0 Å². The predicted octanol–water partition coefficient (Wildman–Crippen LogP) is 0.794. The monoisotopic (exact) mass is 204 g/mol. The number of aromatic amines is 1. The number of anilines is 1. The highest BCUT2D eigenvalue weighted by Crippen LogP contribution is 2.15. The molecular weight excluding hydrogens is 192 g/mol. The van der Waals surface area contributed by atoms with Crippen molar-refractivity contribution in [3.05, 3.63) is 18.3 Å². The minimum Gasteiger partial charge on any atom is -0.378 e. The molecule has 1 fully saturated rings. The molecule has 0 bridgehead atoms. The van der Waals surface area contributed by atoms with E-state index in [1.165, 1.54) is 0 Å². The van der Waals surface area contributed by atoms with E-state index in [0.29, 0.717) is 0 Å². The molecule has 5 heteroatoms. The van der Waals surface area contributed by atoms with Crippen molar-refractivity contribution in [3.8, 4) is 0 Å². The molecule has 1 aliphatic rings. The Morgan fingerprint density at radius 3 is 3.00 bits per heavy atom. The zero-order valence-electron chi connectivity index (χ0n) is 8.31. The number of fused-ring (bicyclic) bond motifs is 1. The average molecular weight is 204 g/mol. The summed E-state index contributed by atoms with van der Waals surface area (Å²) < 4.78 is 5.30. The molecule has 0 aromatic carbocycles. The summed E-state index contributed by atoms with van der Waals surface area (Å²) in [6, 6.07) is 3.89. The number of nitrogens with zero attached hydrogens (tertiary/aromatic N) is 3. The van der Waals surface area contributed by atoms with Crippen molar-refractivity contribution in [2.75, 3.05) is 31.2 Å². The van der Waals surface area contributed by atoms with Gasteiger partial charge in [0.2, 0.25) is 5.95 Å². The first-order valence-electron chi connectivity index (χ1n) is 5.07. The normalized spacial score (nSPS) is 17.2. The van der Waals surface area contributed by atoms with Gasteiger partial charge in [0.05, 0.1) is 18.7 Å². The van der Waals surface area contributed by atoms with E-state index < -0.39 is 0 Å². The molecule has 0 spiro atoms. The van der Waals surface area contributed by atoms with Crippen LogP contribution in [0, 0.1) is 0 Å². The molecule has 1 N–H and O–H groups in total. The van der Waals surface area contributed by atoms with Crippen molar-refractivity contribution in [2.24, 2.45) is 0 Å². The summed E-state index contributed by atoms with van der Waals surface area (Å²) in [5.41, 5.74) is 1.76. The lowest BCUT2D eigenvalue weighted by Crippen LogP contribution is -2.36. The fourth-order valence-electron chi connectivity index (χ4n) is 1.76. The summed E-state index contributed by atoms with van der Waals surface area (Å²) >= 11 is 0. The van der Waals surface area contributed by atoms with Gasteiger partial charge in [-0.05, 0) is 12.1 Å². The van der Waals surface area contributed by atoms with Crippen LogP contribution in [0.5, 0.6) is 0 Å². The van der Waals surface area contributed by atoms with Gasteiger partial charge >= 0.3 is 0 Å². The van der Waals surface area contributed by atoms with E-state index in [2.05, 4.69) is 19.9 Å². The Morgan fingerprint density at radius 2 is 2.20 bits per heavy atom. The Morgan fingerprint density at radius 1 is 1.33 bits per heavy atom. The number of hydrogen-bond acceptors (Lipinski definition) is 4. The summed E-state index contributed by atoms with van der Waals surface area (Å²) in [4.78, 5) is 14.1. The molecule has 0 aliphatic carbocycles. The maximum absolute atomic E-state index is 5.30. The Balaban J connectivity index is 1.96. The zero-order chi connectivity index (χ0) is 10.1. The lowest BCUT2D eigenvalue weighted by molar-refractivity contribution is 0.122. The molecule has 1 aliphatic heterocycles. The van der Waals surface area contributed by atoms with Gasteiger partial charge < -0.3 is 14.6 Å². The number of morpholine rings is 1. The predicted molar refractivity (Wildman–Crippen MR) is 56.9 cm³/mol. The zero-order valence-corrected chi connectivity index (χ0v) is 8.31. The van der Waals surface area contributed by atoms with E-state index in [4.69, 9.17) is 4.74 Å². The van der Waals surface area contributed by atoms with Crippen molar-refractivity contribution in [2.45, 2.75) is 0 Å². The van der Waals surface area contributed by atoms with E-state index >= 15 is 0 Å².